The van der Waals surface area contributed by atoms with Crippen molar-refractivity contribution in [2.75, 3.05) is 26.8 Å². The van der Waals surface area contributed by atoms with Crippen molar-refractivity contribution in [3.05, 3.63) is 35.4 Å². The number of likely N-dealkylation sites (N-methyl/N-ethyl adjacent to an activating group) is 1. The van der Waals surface area contributed by atoms with E-state index in [1.165, 1.54) is 12.8 Å². The molecule has 0 aromatic heterocycles. The van der Waals surface area contributed by atoms with Crippen LogP contribution in [0.5, 0.6) is 0 Å². The van der Waals surface area contributed by atoms with Gasteiger partial charge in [-0.1, -0.05) is 24.3 Å². The van der Waals surface area contributed by atoms with Gasteiger partial charge in [0.1, 0.15) is 0 Å². The number of amides is 1. The number of hydrogen-bond donors (Lipinski definition) is 1. The van der Waals surface area contributed by atoms with Gasteiger partial charge < -0.3 is 15.4 Å². The summed E-state index contributed by atoms with van der Waals surface area (Å²) in [7, 11) is 1.83. The van der Waals surface area contributed by atoms with Gasteiger partial charge in [0.15, 0.2) is 0 Å². The van der Waals surface area contributed by atoms with Crippen LogP contribution in [0.3, 0.4) is 0 Å². The molecule has 0 heterocycles. The summed E-state index contributed by atoms with van der Waals surface area (Å²) in [4.78, 5) is 13.8. The fraction of sp³-hybridized carbons (Fsp3) is 0.562. The Labute approximate surface area is 120 Å². The maximum absolute atomic E-state index is 12.1. The number of nitrogens with two attached hydrogens (primary N) is 1. The molecule has 0 spiro atoms. The number of carbonyl (C=O) groups is 1. The molecule has 1 aliphatic rings. The van der Waals surface area contributed by atoms with Crippen molar-refractivity contribution in [2.24, 2.45) is 11.7 Å². The van der Waals surface area contributed by atoms with E-state index < -0.39 is 0 Å². The maximum Gasteiger partial charge on any atom is 0.226 e. The monoisotopic (exact) mass is 276 g/mol. The zero-order chi connectivity index (χ0) is 14.4. The summed E-state index contributed by atoms with van der Waals surface area (Å²) in [5.41, 5.74) is 7.67. The van der Waals surface area contributed by atoms with Crippen LogP contribution in [0.25, 0.3) is 0 Å². The lowest BCUT2D eigenvalue weighted by atomic mass is 10.1. The van der Waals surface area contributed by atoms with Gasteiger partial charge in [-0.25, -0.2) is 0 Å². The number of ether oxygens (including phenoxy) is 1. The van der Waals surface area contributed by atoms with Crippen molar-refractivity contribution < 1.29 is 9.53 Å². The topological polar surface area (TPSA) is 55.6 Å². The number of carbonyl (C=O) groups excluding carboxylic acids is 1. The molecule has 0 aliphatic heterocycles. The predicted molar refractivity (Wildman–Crippen MR) is 79.2 cm³/mol. The highest BCUT2D eigenvalue weighted by Gasteiger charge is 2.21. The Kier molecular flexibility index (Phi) is 5.56. The smallest absolute Gasteiger partial charge is 0.226 e. The summed E-state index contributed by atoms with van der Waals surface area (Å²) in [6.07, 6.45) is 3.03. The van der Waals surface area contributed by atoms with Gasteiger partial charge in [-0.2, -0.15) is 0 Å². The molecule has 2 N–H and O–H groups in total. The predicted octanol–water partition coefficient (Wildman–Crippen LogP) is 1.57. The van der Waals surface area contributed by atoms with Gasteiger partial charge >= 0.3 is 0 Å². The maximum atomic E-state index is 12.1. The van der Waals surface area contributed by atoms with Crippen molar-refractivity contribution in [2.45, 2.75) is 25.8 Å². The van der Waals surface area contributed by atoms with Crippen molar-refractivity contribution >= 4 is 5.91 Å². The Balaban J connectivity index is 1.68. The lowest BCUT2D eigenvalue weighted by Gasteiger charge is -2.17. The van der Waals surface area contributed by atoms with Crippen LogP contribution in [-0.4, -0.2) is 37.6 Å². The van der Waals surface area contributed by atoms with Gasteiger partial charge in [0.2, 0.25) is 5.91 Å². The Bertz CT molecular complexity index is 427. The summed E-state index contributed by atoms with van der Waals surface area (Å²) in [6, 6.07) is 7.89. The Morgan fingerprint density at radius 3 is 2.55 bits per heavy atom. The third kappa shape index (κ3) is 4.94. The first kappa shape index (κ1) is 15.0. The molecule has 1 aromatic carbocycles. The van der Waals surface area contributed by atoms with Crippen LogP contribution in [-0.2, 0) is 22.5 Å². The van der Waals surface area contributed by atoms with E-state index in [0.717, 1.165) is 23.7 Å². The minimum atomic E-state index is 0.125. The SMILES string of the molecule is CN(CCOCC1CC1)C(=O)Cc1ccc(CN)cc1. The molecule has 0 atom stereocenters. The Hall–Kier alpha value is -1.39. The molecule has 110 valence electrons. The van der Waals surface area contributed by atoms with E-state index in [-0.39, 0.29) is 5.91 Å². The van der Waals surface area contributed by atoms with E-state index in [1.54, 1.807) is 4.90 Å². The van der Waals surface area contributed by atoms with Crippen molar-refractivity contribution in [1.82, 2.24) is 4.90 Å². The zero-order valence-electron chi connectivity index (χ0n) is 12.2. The second-order valence-electron chi connectivity index (χ2n) is 5.53. The van der Waals surface area contributed by atoms with Gasteiger partial charge in [0.05, 0.1) is 13.0 Å². The first-order valence-electron chi connectivity index (χ1n) is 7.28. The van der Waals surface area contributed by atoms with Crippen molar-refractivity contribution in [3.8, 4) is 0 Å². The van der Waals surface area contributed by atoms with Gasteiger partial charge in [-0.05, 0) is 29.9 Å². The molecule has 1 amide bonds. The molecular formula is C16H24N2O2. The highest BCUT2D eigenvalue weighted by molar-refractivity contribution is 5.78. The largest absolute Gasteiger partial charge is 0.379 e. The average molecular weight is 276 g/mol. The number of nitrogens with zero attached hydrogens (tertiary/aromatic N) is 1. The summed E-state index contributed by atoms with van der Waals surface area (Å²) in [5.74, 6) is 0.901. The minimum Gasteiger partial charge on any atom is -0.379 e. The number of rotatable bonds is 8. The van der Waals surface area contributed by atoms with Crippen LogP contribution < -0.4 is 5.73 Å². The second-order valence-corrected chi connectivity index (χ2v) is 5.53. The molecule has 4 heteroatoms. The minimum absolute atomic E-state index is 0.125. The molecule has 0 bridgehead atoms. The van der Waals surface area contributed by atoms with Gasteiger partial charge in [-0.15, -0.1) is 0 Å². The number of hydrogen-bond acceptors (Lipinski definition) is 3. The molecule has 4 nitrogen and oxygen atoms in total. The van der Waals surface area contributed by atoms with Crippen LogP contribution in [0.1, 0.15) is 24.0 Å². The van der Waals surface area contributed by atoms with E-state index in [1.807, 2.05) is 31.3 Å². The molecule has 0 saturated heterocycles. The molecular weight excluding hydrogens is 252 g/mol. The fourth-order valence-corrected chi connectivity index (χ4v) is 1.96. The van der Waals surface area contributed by atoms with Gasteiger partial charge in [-0.3, -0.25) is 4.79 Å². The average Bonchev–Trinajstić information content (AvgIpc) is 3.28. The highest BCUT2D eigenvalue weighted by Crippen LogP contribution is 2.28. The summed E-state index contributed by atoms with van der Waals surface area (Å²) >= 11 is 0. The number of benzene rings is 1. The van der Waals surface area contributed by atoms with E-state index in [4.69, 9.17) is 10.5 Å². The molecule has 20 heavy (non-hydrogen) atoms. The van der Waals surface area contributed by atoms with Crippen LogP contribution in [0, 0.1) is 5.92 Å². The van der Waals surface area contributed by atoms with Gasteiger partial charge in [0.25, 0.3) is 0 Å². The Morgan fingerprint density at radius 2 is 1.95 bits per heavy atom. The van der Waals surface area contributed by atoms with Gasteiger partial charge in [0, 0.05) is 26.7 Å². The van der Waals surface area contributed by atoms with E-state index in [2.05, 4.69) is 0 Å². The Morgan fingerprint density at radius 1 is 1.30 bits per heavy atom. The summed E-state index contributed by atoms with van der Waals surface area (Å²) < 4.78 is 5.55. The molecule has 1 aliphatic carbocycles. The van der Waals surface area contributed by atoms with Crippen molar-refractivity contribution in [1.29, 1.82) is 0 Å². The highest BCUT2D eigenvalue weighted by atomic mass is 16.5. The fourth-order valence-electron chi connectivity index (χ4n) is 1.96. The molecule has 0 radical (unpaired) electrons. The van der Waals surface area contributed by atoms with Crippen LogP contribution in [0.2, 0.25) is 0 Å². The third-order valence-corrected chi connectivity index (χ3v) is 3.66. The molecule has 0 unspecified atom stereocenters. The normalized spacial score (nSPS) is 14.3. The zero-order valence-corrected chi connectivity index (χ0v) is 12.2. The lowest BCUT2D eigenvalue weighted by Crippen LogP contribution is -2.31. The second kappa shape index (κ2) is 7.41. The summed E-state index contributed by atoms with van der Waals surface area (Å²) in [6.45, 7) is 2.67. The third-order valence-electron chi connectivity index (χ3n) is 3.66. The molecule has 1 fully saturated rings. The standard InChI is InChI=1S/C16H24N2O2/c1-18(8-9-20-12-15-6-7-15)16(19)10-13-2-4-14(11-17)5-3-13/h2-5,15H,6-12,17H2,1H3. The molecule has 1 saturated carbocycles. The van der Waals surface area contributed by atoms with E-state index >= 15 is 0 Å². The van der Waals surface area contributed by atoms with Crippen LogP contribution in [0.15, 0.2) is 24.3 Å². The molecule has 2 rings (SSSR count). The summed E-state index contributed by atoms with van der Waals surface area (Å²) in [5, 5.41) is 0. The molecule has 1 aromatic rings. The first-order chi connectivity index (χ1) is 9.69. The van der Waals surface area contributed by atoms with E-state index in [0.29, 0.717) is 26.1 Å². The van der Waals surface area contributed by atoms with Crippen LogP contribution >= 0.6 is 0 Å². The first-order valence-corrected chi connectivity index (χ1v) is 7.28. The van der Waals surface area contributed by atoms with Crippen LogP contribution in [0.4, 0.5) is 0 Å². The lowest BCUT2D eigenvalue weighted by molar-refractivity contribution is -0.129. The van der Waals surface area contributed by atoms with Crippen molar-refractivity contribution in [3.63, 3.8) is 0 Å². The van der Waals surface area contributed by atoms with E-state index in [9.17, 15) is 4.79 Å². The quantitative estimate of drug-likeness (QED) is 0.733.